The van der Waals surface area contributed by atoms with Gasteiger partial charge in [-0.05, 0) is 47.5 Å². The third-order valence-electron chi connectivity index (χ3n) is 5.11. The summed E-state index contributed by atoms with van der Waals surface area (Å²) >= 11 is 5.63. The van der Waals surface area contributed by atoms with Gasteiger partial charge in [-0.15, -0.1) is 0 Å². The molecule has 3 aromatic rings. The van der Waals surface area contributed by atoms with E-state index in [0.717, 1.165) is 21.7 Å². The van der Waals surface area contributed by atoms with Crippen molar-refractivity contribution < 1.29 is 18.8 Å². The summed E-state index contributed by atoms with van der Waals surface area (Å²) in [5.41, 5.74) is -0.512. The van der Waals surface area contributed by atoms with Crippen LogP contribution in [0.1, 0.15) is 12.5 Å². The molecule has 1 heterocycles. The molecule has 0 bridgehead atoms. The molecule has 1 unspecified atom stereocenters. The Morgan fingerprint density at radius 3 is 2.57 bits per heavy atom. The molecule has 1 fully saturated rings. The first-order valence-electron chi connectivity index (χ1n) is 9.16. The Morgan fingerprint density at radius 1 is 1.10 bits per heavy atom. The van der Waals surface area contributed by atoms with Crippen molar-refractivity contribution in [3.63, 3.8) is 0 Å². The molecule has 1 aliphatic heterocycles. The van der Waals surface area contributed by atoms with E-state index in [-0.39, 0.29) is 10.7 Å². The van der Waals surface area contributed by atoms with Crippen molar-refractivity contribution in [3.05, 3.63) is 77.1 Å². The Bertz CT molecular complexity index is 1200. The first-order valence-corrected chi connectivity index (χ1v) is 9.54. The summed E-state index contributed by atoms with van der Waals surface area (Å²) in [6.07, 6.45) is 0. The summed E-state index contributed by atoms with van der Waals surface area (Å²) < 4.78 is 13.5. The van der Waals surface area contributed by atoms with Gasteiger partial charge in [-0.2, -0.15) is 0 Å². The molecule has 4 amide bonds. The van der Waals surface area contributed by atoms with E-state index in [4.69, 9.17) is 11.6 Å². The van der Waals surface area contributed by atoms with Crippen molar-refractivity contribution in [2.45, 2.75) is 12.5 Å². The van der Waals surface area contributed by atoms with Crippen molar-refractivity contribution >= 4 is 45.9 Å². The van der Waals surface area contributed by atoms with Crippen LogP contribution in [-0.4, -0.2) is 29.3 Å². The zero-order valence-electron chi connectivity index (χ0n) is 15.9. The molecule has 6 nitrogen and oxygen atoms in total. The predicted octanol–water partition coefficient (Wildman–Crippen LogP) is 4.04. The largest absolute Gasteiger partial charge is 0.325 e. The van der Waals surface area contributed by atoms with E-state index in [1.165, 1.54) is 12.1 Å². The van der Waals surface area contributed by atoms with Crippen LogP contribution in [-0.2, 0) is 15.1 Å². The van der Waals surface area contributed by atoms with Crippen LogP contribution < -0.4 is 10.6 Å². The normalized spacial score (nSPS) is 18.6. The van der Waals surface area contributed by atoms with Gasteiger partial charge in [0.25, 0.3) is 5.91 Å². The Balaban J connectivity index is 1.53. The van der Waals surface area contributed by atoms with Gasteiger partial charge in [0.05, 0.1) is 5.02 Å². The number of nitrogens with zero attached hydrogens (tertiary/aromatic N) is 1. The van der Waals surface area contributed by atoms with Gasteiger partial charge in [0.1, 0.15) is 17.9 Å². The SMILES string of the molecule is CC1(c2ccc3ccccc3c2)NC(=O)N(CC(=O)Nc2ccc(Cl)c(F)c2)C1=O. The molecule has 8 heteroatoms. The minimum atomic E-state index is -1.30. The van der Waals surface area contributed by atoms with E-state index in [2.05, 4.69) is 10.6 Å². The number of urea groups is 1. The molecule has 0 radical (unpaired) electrons. The van der Waals surface area contributed by atoms with Crippen LogP contribution >= 0.6 is 11.6 Å². The van der Waals surface area contributed by atoms with Crippen molar-refractivity contribution in [2.75, 3.05) is 11.9 Å². The number of amides is 4. The van der Waals surface area contributed by atoms with Crippen LogP contribution in [0.25, 0.3) is 10.8 Å². The minimum absolute atomic E-state index is 0.0757. The maximum Gasteiger partial charge on any atom is 0.325 e. The average molecular weight is 426 g/mol. The lowest BCUT2D eigenvalue weighted by Crippen LogP contribution is -2.42. The first-order chi connectivity index (χ1) is 14.3. The van der Waals surface area contributed by atoms with E-state index >= 15 is 0 Å². The lowest BCUT2D eigenvalue weighted by Gasteiger charge is -2.22. The highest BCUT2D eigenvalue weighted by Crippen LogP contribution is 2.31. The zero-order valence-corrected chi connectivity index (χ0v) is 16.7. The Kier molecular flexibility index (Phi) is 4.91. The molecule has 0 aliphatic carbocycles. The van der Waals surface area contributed by atoms with E-state index in [9.17, 15) is 18.8 Å². The molecular formula is C22H17ClFN3O3. The summed E-state index contributed by atoms with van der Waals surface area (Å²) in [6.45, 7) is 1.10. The number of rotatable bonds is 4. The lowest BCUT2D eigenvalue weighted by atomic mass is 9.90. The van der Waals surface area contributed by atoms with Gasteiger partial charge in [0.2, 0.25) is 5.91 Å². The van der Waals surface area contributed by atoms with Crippen molar-refractivity contribution in [1.29, 1.82) is 0 Å². The number of hydrogen-bond acceptors (Lipinski definition) is 3. The molecule has 30 heavy (non-hydrogen) atoms. The van der Waals surface area contributed by atoms with Crippen LogP contribution in [0.3, 0.4) is 0 Å². The lowest BCUT2D eigenvalue weighted by molar-refractivity contribution is -0.133. The summed E-state index contributed by atoms with van der Waals surface area (Å²) in [6, 6.07) is 16.3. The standard InChI is InChI=1S/C22H17ClFN3O3/c1-22(15-7-6-13-4-2-3-5-14(13)10-15)20(29)27(21(30)26-22)12-19(28)25-16-8-9-17(23)18(24)11-16/h2-11H,12H2,1H3,(H,25,28)(H,26,30). The maximum absolute atomic E-state index is 13.5. The second-order valence-electron chi connectivity index (χ2n) is 7.19. The van der Waals surface area contributed by atoms with E-state index < -0.39 is 35.7 Å². The van der Waals surface area contributed by atoms with Crippen LogP contribution in [0.5, 0.6) is 0 Å². The quantitative estimate of drug-likeness (QED) is 0.619. The average Bonchev–Trinajstić information content (AvgIpc) is 2.94. The summed E-state index contributed by atoms with van der Waals surface area (Å²) in [7, 11) is 0. The van der Waals surface area contributed by atoms with Crippen molar-refractivity contribution in [2.24, 2.45) is 0 Å². The van der Waals surface area contributed by atoms with Gasteiger partial charge in [-0.1, -0.05) is 48.0 Å². The molecule has 1 atom stereocenters. The van der Waals surface area contributed by atoms with Crippen LogP contribution in [0.2, 0.25) is 5.02 Å². The monoisotopic (exact) mass is 425 g/mol. The molecule has 1 aliphatic rings. The Morgan fingerprint density at radius 2 is 1.83 bits per heavy atom. The van der Waals surface area contributed by atoms with Gasteiger partial charge in [-0.3, -0.25) is 14.5 Å². The second kappa shape index (κ2) is 7.42. The number of benzene rings is 3. The molecule has 4 rings (SSSR count). The molecule has 152 valence electrons. The van der Waals surface area contributed by atoms with Crippen LogP contribution in [0.4, 0.5) is 14.9 Å². The smallest absolute Gasteiger partial charge is 0.324 e. The molecule has 1 saturated heterocycles. The summed E-state index contributed by atoms with van der Waals surface area (Å²) in [4.78, 5) is 38.7. The van der Waals surface area contributed by atoms with Gasteiger partial charge < -0.3 is 10.6 Å². The number of nitrogens with one attached hydrogen (secondary N) is 2. The van der Waals surface area contributed by atoms with Gasteiger partial charge >= 0.3 is 6.03 Å². The van der Waals surface area contributed by atoms with Crippen molar-refractivity contribution in [1.82, 2.24) is 10.2 Å². The molecule has 3 aromatic carbocycles. The second-order valence-corrected chi connectivity index (χ2v) is 7.59. The number of carbonyl (C=O) groups excluding carboxylic acids is 3. The number of imide groups is 1. The number of hydrogen-bond donors (Lipinski definition) is 2. The topological polar surface area (TPSA) is 78.5 Å². The van der Waals surface area contributed by atoms with E-state index in [1.54, 1.807) is 13.0 Å². The number of anilines is 1. The fraction of sp³-hybridized carbons (Fsp3) is 0.136. The van der Waals surface area contributed by atoms with Crippen molar-refractivity contribution in [3.8, 4) is 0 Å². The third kappa shape index (κ3) is 3.48. The highest BCUT2D eigenvalue weighted by molar-refractivity contribution is 6.30. The van der Waals surface area contributed by atoms with Gasteiger partial charge in [0, 0.05) is 5.69 Å². The number of halogens is 2. The minimum Gasteiger partial charge on any atom is -0.324 e. The molecular weight excluding hydrogens is 409 g/mol. The zero-order chi connectivity index (χ0) is 21.5. The first kappa shape index (κ1) is 19.8. The molecule has 0 aromatic heterocycles. The maximum atomic E-state index is 13.5. The van der Waals surface area contributed by atoms with Gasteiger partial charge in [-0.25, -0.2) is 9.18 Å². The Hall–Kier alpha value is -3.45. The summed E-state index contributed by atoms with van der Waals surface area (Å²) in [5.74, 6) is -1.86. The Labute approximate surface area is 176 Å². The number of carbonyl (C=O) groups is 3. The van der Waals surface area contributed by atoms with E-state index in [0.29, 0.717) is 5.56 Å². The molecule has 2 N–H and O–H groups in total. The van der Waals surface area contributed by atoms with E-state index in [1.807, 2.05) is 36.4 Å². The fourth-order valence-corrected chi connectivity index (χ4v) is 3.57. The van der Waals surface area contributed by atoms with Crippen LogP contribution in [0, 0.1) is 5.82 Å². The molecule has 0 saturated carbocycles. The summed E-state index contributed by atoms with van der Waals surface area (Å²) in [5, 5.41) is 7.00. The fourth-order valence-electron chi connectivity index (χ4n) is 3.45. The highest BCUT2D eigenvalue weighted by Gasteiger charge is 2.49. The number of fused-ring (bicyclic) bond motifs is 1. The predicted molar refractivity (Wildman–Crippen MR) is 112 cm³/mol. The van der Waals surface area contributed by atoms with Crippen LogP contribution in [0.15, 0.2) is 60.7 Å². The van der Waals surface area contributed by atoms with Gasteiger partial charge in [0.15, 0.2) is 0 Å². The molecule has 0 spiro atoms. The third-order valence-corrected chi connectivity index (χ3v) is 5.41. The highest BCUT2D eigenvalue weighted by atomic mass is 35.5.